The molecule has 0 spiro atoms. The minimum Gasteiger partial charge on any atom is -0.386 e. The van der Waals surface area contributed by atoms with Gasteiger partial charge in [0.05, 0.1) is 6.61 Å². The van der Waals surface area contributed by atoms with E-state index in [9.17, 15) is 5.11 Å². The first kappa shape index (κ1) is 18.1. The Labute approximate surface area is 137 Å². The SMILES string of the molecule is CO[C@]1(C)OC[C@@H]([C@H](O)/C=C(\C)c2ccccc2)O[C@@]1(C)OC. The fraction of sp³-hybridized carbons (Fsp3) is 0.556. The van der Waals surface area contributed by atoms with Crippen LogP contribution in [-0.4, -0.2) is 49.7 Å². The molecule has 0 amide bonds. The van der Waals surface area contributed by atoms with Gasteiger partial charge in [-0.2, -0.15) is 0 Å². The quantitative estimate of drug-likeness (QED) is 0.903. The monoisotopic (exact) mass is 322 g/mol. The van der Waals surface area contributed by atoms with Gasteiger partial charge in [-0.1, -0.05) is 30.3 Å². The average molecular weight is 322 g/mol. The number of benzene rings is 1. The number of aliphatic hydroxyl groups is 1. The van der Waals surface area contributed by atoms with E-state index in [-0.39, 0.29) is 6.61 Å². The van der Waals surface area contributed by atoms with E-state index < -0.39 is 23.8 Å². The van der Waals surface area contributed by atoms with Crippen molar-refractivity contribution in [2.45, 2.75) is 44.6 Å². The van der Waals surface area contributed by atoms with Crippen LogP contribution in [0.2, 0.25) is 0 Å². The highest BCUT2D eigenvalue weighted by Gasteiger charge is 2.54. The second kappa shape index (κ2) is 7.11. The smallest absolute Gasteiger partial charge is 0.220 e. The summed E-state index contributed by atoms with van der Waals surface area (Å²) < 4.78 is 22.6. The largest absolute Gasteiger partial charge is 0.386 e. The van der Waals surface area contributed by atoms with E-state index in [0.717, 1.165) is 11.1 Å². The van der Waals surface area contributed by atoms with Gasteiger partial charge in [0, 0.05) is 14.2 Å². The van der Waals surface area contributed by atoms with Crippen LogP contribution in [0.1, 0.15) is 26.3 Å². The molecule has 0 radical (unpaired) electrons. The molecule has 23 heavy (non-hydrogen) atoms. The highest BCUT2D eigenvalue weighted by atomic mass is 16.8. The number of allylic oxidation sites excluding steroid dienone is 1. The van der Waals surface area contributed by atoms with E-state index in [0.29, 0.717) is 0 Å². The summed E-state index contributed by atoms with van der Waals surface area (Å²) in [6, 6.07) is 9.88. The molecule has 1 aliphatic heterocycles. The molecule has 1 saturated heterocycles. The summed E-state index contributed by atoms with van der Waals surface area (Å²) in [5.74, 6) is -2.14. The average Bonchev–Trinajstić information content (AvgIpc) is 2.58. The van der Waals surface area contributed by atoms with Crippen molar-refractivity contribution >= 4 is 5.57 Å². The van der Waals surface area contributed by atoms with Gasteiger partial charge in [-0.3, -0.25) is 0 Å². The maximum Gasteiger partial charge on any atom is 0.220 e. The standard InChI is InChI=1S/C18H26O5/c1-13(14-9-7-6-8-10-14)11-15(19)16-12-22-17(2,20-4)18(3,21-5)23-16/h6-11,15-16,19H,12H2,1-5H3/b13-11+/t15-,16+,17-,18-/m1/s1. The first-order chi connectivity index (χ1) is 10.8. The number of methoxy groups -OCH3 is 2. The van der Waals surface area contributed by atoms with Crippen molar-refractivity contribution in [1.29, 1.82) is 0 Å². The summed E-state index contributed by atoms with van der Waals surface area (Å²) in [6.45, 7) is 5.66. The summed E-state index contributed by atoms with van der Waals surface area (Å²) in [5, 5.41) is 10.5. The Morgan fingerprint density at radius 2 is 1.83 bits per heavy atom. The fourth-order valence-electron chi connectivity index (χ4n) is 2.61. The fourth-order valence-corrected chi connectivity index (χ4v) is 2.61. The zero-order valence-electron chi connectivity index (χ0n) is 14.4. The molecular formula is C18H26O5. The molecule has 1 heterocycles. The maximum absolute atomic E-state index is 10.5. The topological polar surface area (TPSA) is 57.2 Å². The minimum absolute atomic E-state index is 0.211. The lowest BCUT2D eigenvalue weighted by Crippen LogP contribution is -2.63. The van der Waals surface area contributed by atoms with Crippen LogP contribution in [0.15, 0.2) is 36.4 Å². The Balaban J connectivity index is 2.14. The predicted octanol–water partition coefficient (Wildman–Crippen LogP) is 2.59. The van der Waals surface area contributed by atoms with E-state index in [1.807, 2.05) is 37.3 Å². The molecule has 1 aliphatic rings. The number of hydrogen-bond donors (Lipinski definition) is 1. The molecule has 1 fully saturated rings. The van der Waals surface area contributed by atoms with Crippen molar-refractivity contribution in [2.24, 2.45) is 0 Å². The molecule has 2 rings (SSSR count). The van der Waals surface area contributed by atoms with Crippen molar-refractivity contribution in [3.05, 3.63) is 42.0 Å². The lowest BCUT2D eigenvalue weighted by molar-refractivity contribution is -0.435. The van der Waals surface area contributed by atoms with Gasteiger partial charge in [-0.15, -0.1) is 0 Å². The highest BCUT2D eigenvalue weighted by molar-refractivity contribution is 5.63. The molecule has 1 N–H and O–H groups in total. The first-order valence-electron chi connectivity index (χ1n) is 7.69. The van der Waals surface area contributed by atoms with Crippen molar-refractivity contribution in [2.75, 3.05) is 20.8 Å². The summed E-state index contributed by atoms with van der Waals surface area (Å²) >= 11 is 0. The van der Waals surface area contributed by atoms with Gasteiger partial charge < -0.3 is 24.1 Å². The molecule has 5 heteroatoms. The Hall–Kier alpha value is -1.24. The van der Waals surface area contributed by atoms with Crippen molar-refractivity contribution in [3.63, 3.8) is 0 Å². The zero-order valence-corrected chi connectivity index (χ0v) is 14.4. The van der Waals surface area contributed by atoms with Gasteiger partial charge >= 0.3 is 0 Å². The highest BCUT2D eigenvalue weighted by Crippen LogP contribution is 2.37. The van der Waals surface area contributed by atoms with Gasteiger partial charge in [-0.25, -0.2) is 0 Å². The lowest BCUT2D eigenvalue weighted by atomic mass is 10.0. The third-order valence-corrected chi connectivity index (χ3v) is 4.53. The van der Waals surface area contributed by atoms with Gasteiger partial charge in [0.1, 0.15) is 12.2 Å². The molecule has 0 saturated carbocycles. The normalized spacial score (nSPS) is 33.5. The summed E-state index contributed by atoms with van der Waals surface area (Å²) in [5.41, 5.74) is 2.03. The van der Waals surface area contributed by atoms with Crippen LogP contribution in [0.4, 0.5) is 0 Å². The Morgan fingerprint density at radius 1 is 1.22 bits per heavy atom. The molecule has 1 aromatic rings. The maximum atomic E-state index is 10.5. The van der Waals surface area contributed by atoms with E-state index in [2.05, 4.69) is 0 Å². The molecule has 128 valence electrons. The molecule has 0 aromatic heterocycles. The lowest BCUT2D eigenvalue weighted by Gasteiger charge is -2.49. The van der Waals surface area contributed by atoms with Crippen LogP contribution in [-0.2, 0) is 18.9 Å². The zero-order chi connectivity index (χ0) is 17.1. The van der Waals surface area contributed by atoms with Crippen LogP contribution in [0.5, 0.6) is 0 Å². The van der Waals surface area contributed by atoms with E-state index in [1.165, 1.54) is 14.2 Å². The predicted molar refractivity (Wildman–Crippen MR) is 87.8 cm³/mol. The number of aliphatic hydroxyl groups excluding tert-OH is 1. The van der Waals surface area contributed by atoms with Crippen LogP contribution >= 0.6 is 0 Å². The number of rotatable bonds is 5. The second-order valence-electron chi connectivity index (χ2n) is 5.97. The summed E-state index contributed by atoms with van der Waals surface area (Å²) in [6.07, 6.45) is 0.419. The van der Waals surface area contributed by atoms with Crippen LogP contribution in [0, 0.1) is 0 Å². The summed E-state index contributed by atoms with van der Waals surface area (Å²) in [7, 11) is 3.07. The van der Waals surface area contributed by atoms with Gasteiger partial charge in [0.2, 0.25) is 11.6 Å². The molecule has 5 nitrogen and oxygen atoms in total. The van der Waals surface area contributed by atoms with Gasteiger partial charge in [-0.05, 0) is 38.0 Å². The molecule has 0 bridgehead atoms. The summed E-state index contributed by atoms with van der Waals surface area (Å²) in [4.78, 5) is 0. The van der Waals surface area contributed by atoms with Crippen molar-refractivity contribution in [1.82, 2.24) is 0 Å². The molecule has 0 aliphatic carbocycles. The Kier molecular flexibility index (Phi) is 5.60. The number of ether oxygens (including phenoxy) is 4. The van der Waals surface area contributed by atoms with Crippen molar-refractivity contribution < 1.29 is 24.1 Å². The van der Waals surface area contributed by atoms with Crippen LogP contribution in [0.25, 0.3) is 5.57 Å². The minimum atomic E-state index is -1.11. The van der Waals surface area contributed by atoms with E-state index >= 15 is 0 Å². The van der Waals surface area contributed by atoms with Gasteiger partial charge in [0.25, 0.3) is 0 Å². The third-order valence-electron chi connectivity index (χ3n) is 4.53. The number of hydrogen-bond acceptors (Lipinski definition) is 5. The van der Waals surface area contributed by atoms with Crippen molar-refractivity contribution in [3.8, 4) is 0 Å². The van der Waals surface area contributed by atoms with Gasteiger partial charge in [0.15, 0.2) is 0 Å². The second-order valence-corrected chi connectivity index (χ2v) is 5.97. The Bertz CT molecular complexity index is 544. The Morgan fingerprint density at radius 3 is 2.39 bits per heavy atom. The van der Waals surface area contributed by atoms with Crippen LogP contribution < -0.4 is 0 Å². The van der Waals surface area contributed by atoms with Crippen LogP contribution in [0.3, 0.4) is 0 Å². The molecular weight excluding hydrogens is 296 g/mol. The first-order valence-corrected chi connectivity index (χ1v) is 7.69. The molecule has 4 atom stereocenters. The van der Waals surface area contributed by atoms with E-state index in [1.54, 1.807) is 19.9 Å². The molecule has 1 aromatic carbocycles. The van der Waals surface area contributed by atoms with E-state index in [4.69, 9.17) is 18.9 Å². The third kappa shape index (κ3) is 3.65. The molecule has 0 unspecified atom stereocenters.